The van der Waals surface area contributed by atoms with Gasteiger partial charge >= 0.3 is 5.97 Å². The first-order valence-corrected chi connectivity index (χ1v) is 7.97. The molecule has 0 spiro atoms. The lowest BCUT2D eigenvalue weighted by Crippen LogP contribution is -2.35. The minimum Gasteiger partial charge on any atom is -0.456 e. The van der Waals surface area contributed by atoms with Crippen LogP contribution >= 0.6 is 11.6 Å². The number of rotatable bonds is 1. The van der Waals surface area contributed by atoms with E-state index in [1.165, 1.54) is 0 Å². The largest absolute Gasteiger partial charge is 0.456 e. The molecule has 0 radical (unpaired) electrons. The maximum Gasteiger partial charge on any atom is 0.337 e. The Morgan fingerprint density at radius 2 is 2.22 bits per heavy atom. The molecular weight excluding hydrogens is 312 g/mol. The Morgan fingerprint density at radius 3 is 2.96 bits per heavy atom. The first-order chi connectivity index (χ1) is 10.9. The molecule has 0 amide bonds. The van der Waals surface area contributed by atoms with Gasteiger partial charge in [0.2, 0.25) is 0 Å². The van der Waals surface area contributed by atoms with E-state index in [0.717, 1.165) is 24.1 Å². The number of carbonyl (C=O) groups is 1. The fourth-order valence-electron chi connectivity index (χ4n) is 3.16. The second kappa shape index (κ2) is 5.82. The average Bonchev–Trinajstić information content (AvgIpc) is 2.69. The van der Waals surface area contributed by atoms with Gasteiger partial charge in [-0.25, -0.2) is 4.79 Å². The Hall–Kier alpha value is -2.12. The van der Waals surface area contributed by atoms with E-state index in [1.54, 1.807) is 12.1 Å². The Labute approximate surface area is 140 Å². The number of nitriles is 1. The fourth-order valence-corrected chi connectivity index (χ4v) is 3.32. The smallest absolute Gasteiger partial charge is 0.337 e. The lowest BCUT2D eigenvalue weighted by Gasteiger charge is -2.33. The van der Waals surface area contributed by atoms with E-state index in [-0.39, 0.29) is 11.9 Å². The second-order valence-corrected chi connectivity index (χ2v) is 6.89. The Kier molecular flexibility index (Phi) is 3.99. The summed E-state index contributed by atoms with van der Waals surface area (Å²) < 4.78 is 5.57. The summed E-state index contributed by atoms with van der Waals surface area (Å²) in [5, 5.41) is 9.61. The van der Waals surface area contributed by atoms with Gasteiger partial charge in [-0.2, -0.15) is 5.26 Å². The predicted molar refractivity (Wildman–Crippen MR) is 88.4 cm³/mol. The quantitative estimate of drug-likeness (QED) is 0.728. The number of aliphatic imine (C=N–C) groups is 1. The number of nitrogens with zero attached hydrogens (tertiary/aromatic N) is 2. The molecule has 0 N–H and O–H groups in total. The number of hydrogen-bond acceptors (Lipinski definition) is 4. The Balaban J connectivity index is 2.09. The van der Waals surface area contributed by atoms with Crippen LogP contribution in [-0.4, -0.2) is 17.8 Å². The number of halogens is 1. The minimum absolute atomic E-state index is 0.125. The maximum atomic E-state index is 12.6. The van der Waals surface area contributed by atoms with Crippen LogP contribution in [0.2, 0.25) is 5.02 Å². The van der Waals surface area contributed by atoms with Crippen LogP contribution in [-0.2, 0) is 9.53 Å². The molecule has 1 aromatic rings. The van der Waals surface area contributed by atoms with Gasteiger partial charge in [0.05, 0.1) is 21.9 Å². The van der Waals surface area contributed by atoms with Gasteiger partial charge in [-0.05, 0) is 44.4 Å². The number of carbonyl (C=O) groups excluding carboxylic acids is 1. The van der Waals surface area contributed by atoms with E-state index in [0.29, 0.717) is 22.6 Å². The topological polar surface area (TPSA) is 62.5 Å². The highest BCUT2D eigenvalue weighted by atomic mass is 35.5. The van der Waals surface area contributed by atoms with Crippen molar-refractivity contribution < 1.29 is 9.53 Å². The monoisotopic (exact) mass is 328 g/mol. The number of cyclic esters (lactones) is 1. The Morgan fingerprint density at radius 1 is 1.43 bits per heavy atom. The van der Waals surface area contributed by atoms with E-state index in [9.17, 15) is 10.1 Å². The van der Waals surface area contributed by atoms with Gasteiger partial charge in [0.1, 0.15) is 11.7 Å². The molecule has 3 rings (SSSR count). The number of benzene rings is 1. The minimum atomic E-state index is -0.542. The third kappa shape index (κ3) is 3.02. The van der Waals surface area contributed by atoms with Crippen LogP contribution in [0.15, 0.2) is 34.5 Å². The molecule has 1 aromatic carbocycles. The average molecular weight is 329 g/mol. The van der Waals surface area contributed by atoms with E-state index < -0.39 is 5.60 Å². The maximum absolute atomic E-state index is 12.6. The van der Waals surface area contributed by atoms with Crippen molar-refractivity contribution in [1.29, 1.82) is 5.26 Å². The lowest BCUT2D eigenvalue weighted by atomic mass is 9.83. The molecule has 23 heavy (non-hydrogen) atoms. The van der Waals surface area contributed by atoms with Crippen molar-refractivity contribution in [1.82, 2.24) is 0 Å². The van der Waals surface area contributed by atoms with Gasteiger partial charge < -0.3 is 4.74 Å². The summed E-state index contributed by atoms with van der Waals surface area (Å²) in [7, 11) is 0. The van der Waals surface area contributed by atoms with Crippen LogP contribution in [0.5, 0.6) is 0 Å². The number of ether oxygens (including phenoxy) is 1. The second-order valence-electron chi connectivity index (χ2n) is 6.48. The molecular formula is C18H17ClN2O2. The van der Waals surface area contributed by atoms with Gasteiger partial charge in [0.25, 0.3) is 0 Å². The Bertz CT molecular complexity index is 772. The van der Waals surface area contributed by atoms with Gasteiger partial charge in [0.15, 0.2) is 0 Å². The lowest BCUT2D eigenvalue weighted by molar-refractivity contribution is -0.153. The normalized spacial score (nSPS) is 22.9. The first-order valence-electron chi connectivity index (χ1n) is 7.60. The molecule has 4 nitrogen and oxygen atoms in total. The number of hydrogen-bond donors (Lipinski definition) is 0. The zero-order valence-corrected chi connectivity index (χ0v) is 13.9. The first kappa shape index (κ1) is 15.8. The number of esters is 1. The highest BCUT2D eigenvalue weighted by molar-refractivity contribution is 6.31. The van der Waals surface area contributed by atoms with Crippen molar-refractivity contribution in [3.05, 3.63) is 45.6 Å². The van der Waals surface area contributed by atoms with Gasteiger partial charge in [-0.15, -0.1) is 0 Å². The molecule has 2 heterocycles. The van der Waals surface area contributed by atoms with E-state index in [4.69, 9.17) is 16.3 Å². The molecule has 0 aliphatic carbocycles. The van der Waals surface area contributed by atoms with Crippen LogP contribution < -0.4 is 0 Å². The van der Waals surface area contributed by atoms with Crippen molar-refractivity contribution in [2.45, 2.75) is 44.6 Å². The standard InChI is InChI=1S/C18H17ClN2O2/c1-18(2)9-15-16(17(22)23-18)13(4-3-7-21-15)11-5-6-14(19)12(8-11)10-20/h5-8,13H,3-4,9H2,1-2H3. The summed E-state index contributed by atoms with van der Waals surface area (Å²) in [5.74, 6) is -0.436. The highest BCUT2D eigenvalue weighted by Gasteiger charge is 2.38. The van der Waals surface area contributed by atoms with Crippen LogP contribution in [0.1, 0.15) is 50.2 Å². The van der Waals surface area contributed by atoms with Crippen LogP contribution in [0.4, 0.5) is 0 Å². The molecule has 0 saturated carbocycles. The van der Waals surface area contributed by atoms with Crippen molar-refractivity contribution >= 4 is 23.8 Å². The van der Waals surface area contributed by atoms with Crippen molar-refractivity contribution in [2.75, 3.05) is 0 Å². The summed E-state index contributed by atoms with van der Waals surface area (Å²) in [5.41, 5.74) is 2.19. The molecule has 1 atom stereocenters. The zero-order valence-electron chi connectivity index (χ0n) is 13.1. The van der Waals surface area contributed by atoms with Crippen LogP contribution in [0.3, 0.4) is 0 Å². The third-order valence-electron chi connectivity index (χ3n) is 4.19. The van der Waals surface area contributed by atoms with E-state index >= 15 is 0 Å². The fraction of sp³-hybridized carbons (Fsp3) is 0.389. The molecule has 0 fully saturated rings. The molecule has 118 valence electrons. The molecule has 0 aromatic heterocycles. The van der Waals surface area contributed by atoms with E-state index in [2.05, 4.69) is 11.1 Å². The predicted octanol–water partition coefficient (Wildman–Crippen LogP) is 4.14. The molecule has 5 heteroatoms. The van der Waals surface area contributed by atoms with Gasteiger partial charge in [-0.3, -0.25) is 4.99 Å². The van der Waals surface area contributed by atoms with Gasteiger partial charge in [-0.1, -0.05) is 17.7 Å². The van der Waals surface area contributed by atoms with Crippen molar-refractivity contribution in [3.8, 4) is 6.07 Å². The highest BCUT2D eigenvalue weighted by Crippen LogP contribution is 2.41. The summed E-state index contributed by atoms with van der Waals surface area (Å²) in [4.78, 5) is 17.0. The summed E-state index contributed by atoms with van der Waals surface area (Å²) in [6, 6.07) is 7.43. The molecule has 0 bridgehead atoms. The van der Waals surface area contributed by atoms with E-state index in [1.807, 2.05) is 26.1 Å². The molecule has 2 aliphatic rings. The van der Waals surface area contributed by atoms with Crippen molar-refractivity contribution in [3.63, 3.8) is 0 Å². The SMILES string of the molecule is CC1(C)CC2=C(C(=O)O1)C(c1ccc(Cl)c(C#N)c1)CCC=N2. The summed E-state index contributed by atoms with van der Waals surface area (Å²) >= 11 is 6.02. The molecule has 1 unspecified atom stereocenters. The third-order valence-corrected chi connectivity index (χ3v) is 4.52. The summed E-state index contributed by atoms with van der Waals surface area (Å²) in [6.45, 7) is 3.78. The van der Waals surface area contributed by atoms with Crippen LogP contribution in [0, 0.1) is 11.3 Å². The molecule has 2 aliphatic heterocycles. The van der Waals surface area contributed by atoms with Crippen molar-refractivity contribution in [2.24, 2.45) is 4.99 Å². The molecule has 0 saturated heterocycles. The van der Waals surface area contributed by atoms with Gasteiger partial charge in [0, 0.05) is 18.6 Å². The summed E-state index contributed by atoms with van der Waals surface area (Å²) in [6.07, 6.45) is 3.99. The van der Waals surface area contributed by atoms with Crippen LogP contribution in [0.25, 0.3) is 0 Å². The zero-order chi connectivity index (χ0) is 16.6.